The van der Waals surface area contributed by atoms with Crippen LogP contribution in [-0.4, -0.2) is 15.8 Å². The lowest BCUT2D eigenvalue weighted by Crippen LogP contribution is -2.61. The van der Waals surface area contributed by atoms with Crippen LogP contribution in [0.5, 0.6) is 0 Å². The van der Waals surface area contributed by atoms with Gasteiger partial charge in [0.05, 0.1) is 74.4 Å². The van der Waals surface area contributed by atoms with E-state index in [1.165, 1.54) is 0 Å². The van der Waals surface area contributed by atoms with Gasteiger partial charge in [0.25, 0.3) is 6.71 Å². The molecule has 5 heterocycles. The first kappa shape index (κ1) is 43.4. The molecule has 0 bridgehead atoms. The highest BCUT2D eigenvalue weighted by molar-refractivity contribution is 7.00. The van der Waals surface area contributed by atoms with Crippen molar-refractivity contribution < 1.29 is 34.6 Å². The Hall–Kier alpha value is -14.2. The molecule has 0 fully saturated rings. The van der Waals surface area contributed by atoms with Gasteiger partial charge in [-0.25, -0.2) is 0 Å². The summed E-state index contributed by atoms with van der Waals surface area (Å²) in [6.07, 6.45) is 0. The Morgan fingerprint density at radius 1 is 0.282 bits per heavy atom. The first-order chi connectivity index (χ1) is 63.8. The maximum Gasteiger partial charge on any atom is 0.252 e. The predicted octanol–water partition coefficient (Wildman–Crippen LogP) is 24.3. The first-order valence-corrected chi connectivity index (χ1v) is 36.5. The van der Waals surface area contributed by atoms with Gasteiger partial charge in [-0.15, -0.1) is 0 Å². The summed E-state index contributed by atoms with van der Waals surface area (Å²) < 4.78 is 231. The van der Waals surface area contributed by atoms with Crippen LogP contribution in [0, 0.1) is 0 Å². The normalized spacial score (nSPS) is 16.7. The third-order valence-electron chi connectivity index (χ3n) is 23.2. The summed E-state index contributed by atoms with van der Waals surface area (Å²) in [4.78, 5) is 3.74. The number of benzene rings is 17. The Bertz CT molecular complexity index is 7990. The van der Waals surface area contributed by atoms with Gasteiger partial charge in [-0.2, -0.15) is 0 Å². The monoisotopic (exact) mass is 1420 g/mol. The van der Waals surface area contributed by atoms with Crippen LogP contribution in [-0.2, 0) is 10.8 Å². The lowest BCUT2D eigenvalue weighted by molar-refractivity contribution is 0.669. The SMILES string of the molecule is [2H]c1c([2H])c(-n2c3c([2H])c([2H])c([2H])c([2H])c3c3c([2H])c([2H])c([2H])c([2H])c32)c([2H])c2c1B1c3c(cc(-c4ccc5oc6ccccc6c5c4)cc3N(c3cccc4c3-c3ccccc3C4(c3ccccc3)c3ccccc3)c3c([2H])c(-n4c5c([2H])c([2H])c([2H])c([2H])c5c5c([2H])c([2H])c([2H])c([2H])c54)c([2H])c([2H])c31)N2c1cccc2c1-c1ccccc1C2(c1ccccc1)c1ccccc1. The third kappa shape index (κ3) is 8.20. The number of nitrogens with zero attached hydrogens (tertiary/aromatic N) is 4. The van der Waals surface area contributed by atoms with Crippen molar-refractivity contribution in [1.82, 2.24) is 9.13 Å². The topological polar surface area (TPSA) is 29.5 Å². The van der Waals surface area contributed by atoms with Gasteiger partial charge in [0.15, 0.2) is 0 Å². The molecule has 5 nitrogen and oxygen atoms in total. The Labute approximate surface area is 667 Å². The quantitative estimate of drug-likeness (QED) is 0.135. The predicted molar refractivity (Wildman–Crippen MR) is 456 cm³/mol. The number of para-hydroxylation sites is 5. The minimum absolute atomic E-state index is 0.177. The van der Waals surface area contributed by atoms with Gasteiger partial charge in [0.2, 0.25) is 0 Å². The molecule has 110 heavy (non-hydrogen) atoms. The van der Waals surface area contributed by atoms with Crippen LogP contribution in [0.3, 0.4) is 0 Å². The summed E-state index contributed by atoms with van der Waals surface area (Å²) in [5.41, 5.74) is 7.31. The second-order valence-electron chi connectivity index (χ2n) is 28.3. The second-order valence-corrected chi connectivity index (χ2v) is 28.3. The molecule has 0 amide bonds. The van der Waals surface area contributed by atoms with Gasteiger partial charge in [-0.05, 0) is 174 Å². The molecule has 0 N–H and O–H groups in total. The fraction of sp³-hybridized carbons (Fsp3) is 0.0192. The van der Waals surface area contributed by atoms with Crippen LogP contribution in [0.2, 0.25) is 0 Å². The van der Waals surface area contributed by atoms with E-state index in [9.17, 15) is 30.2 Å². The van der Waals surface area contributed by atoms with E-state index in [4.69, 9.17) is 4.42 Å². The van der Waals surface area contributed by atoms with Crippen LogP contribution in [0.4, 0.5) is 34.1 Å². The Morgan fingerprint density at radius 3 is 1.11 bits per heavy atom. The van der Waals surface area contributed by atoms with Crippen molar-refractivity contribution in [1.29, 1.82) is 0 Å². The van der Waals surface area contributed by atoms with E-state index in [-0.39, 0.29) is 60.7 Å². The summed E-state index contributed by atoms with van der Waals surface area (Å²) >= 11 is 0. The van der Waals surface area contributed by atoms with Crippen molar-refractivity contribution in [2.75, 3.05) is 9.80 Å². The summed E-state index contributed by atoms with van der Waals surface area (Å²) in [7, 11) is 0. The number of hydrogen-bond donors (Lipinski definition) is 0. The van der Waals surface area contributed by atoms with Crippen molar-refractivity contribution in [2.24, 2.45) is 0 Å². The maximum atomic E-state index is 11.9. The molecule has 0 saturated heterocycles. The fourth-order valence-corrected chi connectivity index (χ4v) is 18.9. The first-order valence-electron chi connectivity index (χ1n) is 47.5. The van der Waals surface area contributed by atoms with E-state index >= 15 is 0 Å². The molecule has 17 aromatic carbocycles. The number of rotatable bonds is 9. The maximum absolute atomic E-state index is 11.9. The van der Waals surface area contributed by atoms with Crippen LogP contribution in [0.25, 0.3) is 110 Å². The van der Waals surface area contributed by atoms with Crippen molar-refractivity contribution in [3.05, 3.63) is 438 Å². The highest BCUT2D eigenvalue weighted by Crippen LogP contribution is 2.63. The summed E-state index contributed by atoms with van der Waals surface area (Å²) in [6, 6.07) is 69.4. The number of hydrogen-bond acceptors (Lipinski definition) is 3. The molecule has 2 aliphatic heterocycles. The van der Waals surface area contributed by atoms with Crippen LogP contribution in [0.15, 0.2) is 398 Å². The molecule has 0 spiro atoms. The van der Waals surface area contributed by atoms with Crippen LogP contribution < -0.4 is 26.2 Å². The summed E-state index contributed by atoms with van der Waals surface area (Å²) in [5.74, 6) is 0. The minimum Gasteiger partial charge on any atom is -0.456 e. The van der Waals surface area contributed by atoms with E-state index in [0.29, 0.717) is 50.2 Å². The van der Waals surface area contributed by atoms with Gasteiger partial charge >= 0.3 is 0 Å². The van der Waals surface area contributed by atoms with Gasteiger partial charge in [0, 0.05) is 77.6 Å². The second kappa shape index (κ2) is 23.2. The molecule has 510 valence electrons. The molecule has 0 saturated carbocycles. The third-order valence-corrected chi connectivity index (χ3v) is 23.2. The Balaban J connectivity index is 0.937. The van der Waals surface area contributed by atoms with Crippen molar-refractivity contribution in [3.8, 4) is 44.8 Å². The molecule has 3 aromatic heterocycles. The van der Waals surface area contributed by atoms with Crippen molar-refractivity contribution in [3.63, 3.8) is 0 Å². The van der Waals surface area contributed by atoms with Gasteiger partial charge in [-0.1, -0.05) is 303 Å². The molecule has 20 aromatic rings. The van der Waals surface area contributed by atoms with Gasteiger partial charge < -0.3 is 23.4 Å². The molecule has 4 aliphatic rings. The molecule has 6 heteroatoms. The van der Waals surface area contributed by atoms with Crippen molar-refractivity contribution >= 4 is 123 Å². The van der Waals surface area contributed by atoms with E-state index in [2.05, 4.69) is 72.8 Å². The highest BCUT2D eigenvalue weighted by atomic mass is 16.3. The fourth-order valence-electron chi connectivity index (χ4n) is 18.9. The lowest BCUT2D eigenvalue weighted by Gasteiger charge is -2.45. The average Bonchev–Trinajstić information content (AvgIpc) is 1.16. The lowest BCUT2D eigenvalue weighted by atomic mass is 9.33. The summed E-state index contributed by atoms with van der Waals surface area (Å²) in [5, 5.41) is 0.0341. The highest BCUT2D eigenvalue weighted by Gasteiger charge is 2.52. The molecule has 2 aliphatic carbocycles. The number of fused-ring (bicyclic) bond motifs is 19. The summed E-state index contributed by atoms with van der Waals surface area (Å²) in [6.45, 7) is -1.69. The standard InChI is InChI=1S/C104H65BN4O/c1-5-29-68(30-6-1)103(69-31-7-2-8-32-69)82-44-20-13-42-79(82)100-84(103)46-27-52-92(100)108-94-64-72(106-88-48-22-15-37-74(88)75-38-16-23-49-89(75)106)56-58-86(94)105-87-59-57-73(107-90-50-24-17-39-76(90)77-40-18-25-51-91(77)107)65-95(87)109(97-63-67(62-96(108)102(97)105)66-55-60-99-81(61-66)78-41-19-26-54-98(78)110-99)93-53-28-47-85-101(93)80-43-14-21-45-83(80)104(85,70-33-9-3-10-34-70)71-35-11-4-12-36-71/h1-65H/i15D,16D,17D,18D,22D,23D,24D,25D,37D,38D,39D,40D,48D,49D,50D,51D,56D,57D,58D,59D,64D,65D. The molecule has 0 atom stereocenters. The smallest absolute Gasteiger partial charge is 0.252 e. The van der Waals surface area contributed by atoms with Gasteiger partial charge in [-0.3, -0.25) is 0 Å². The number of aromatic nitrogens is 2. The molecular weight excluding hydrogens is 1330 g/mol. The molecule has 0 radical (unpaired) electrons. The van der Waals surface area contributed by atoms with E-state index in [1.54, 1.807) is 0 Å². The van der Waals surface area contributed by atoms with Crippen LogP contribution >= 0.6 is 0 Å². The van der Waals surface area contributed by atoms with E-state index in [1.807, 2.05) is 198 Å². The average molecular weight is 1420 g/mol. The minimum atomic E-state index is -1.69. The zero-order chi connectivity index (χ0) is 91.1. The Kier molecular flexibility index (Phi) is 9.14. The van der Waals surface area contributed by atoms with E-state index in [0.717, 1.165) is 70.2 Å². The van der Waals surface area contributed by atoms with Crippen molar-refractivity contribution in [2.45, 2.75) is 10.8 Å². The molecule has 24 rings (SSSR count). The Morgan fingerprint density at radius 2 is 0.664 bits per heavy atom. The zero-order valence-corrected chi connectivity index (χ0v) is 58.1. The van der Waals surface area contributed by atoms with Crippen LogP contribution in [0.1, 0.15) is 74.7 Å². The van der Waals surface area contributed by atoms with Gasteiger partial charge in [0.1, 0.15) is 11.2 Å². The zero-order valence-electron chi connectivity index (χ0n) is 80.1. The van der Waals surface area contributed by atoms with E-state index < -0.39 is 184 Å². The molecular formula is C104H65BN4O. The largest absolute Gasteiger partial charge is 0.456 e. The number of furan rings is 1. The number of anilines is 6. The molecule has 0 unspecified atom stereocenters.